The summed E-state index contributed by atoms with van der Waals surface area (Å²) in [7, 11) is 0. The molecule has 0 fully saturated rings. The SMILES string of the molecule is CC(N)CCC(=O)c1ccoc1. The number of carbonyl (C=O) groups is 1. The summed E-state index contributed by atoms with van der Waals surface area (Å²) in [6.45, 7) is 1.89. The number of rotatable bonds is 4. The normalized spacial score (nSPS) is 12.8. The number of hydrogen-bond donors (Lipinski definition) is 1. The monoisotopic (exact) mass is 167 g/mol. The van der Waals surface area contributed by atoms with E-state index in [2.05, 4.69) is 0 Å². The average molecular weight is 167 g/mol. The molecule has 1 heterocycles. The van der Waals surface area contributed by atoms with Crippen LogP contribution in [0.25, 0.3) is 0 Å². The molecule has 0 aliphatic carbocycles. The van der Waals surface area contributed by atoms with Crippen LogP contribution in [0.3, 0.4) is 0 Å². The van der Waals surface area contributed by atoms with Crippen LogP contribution in [0.4, 0.5) is 0 Å². The van der Waals surface area contributed by atoms with Crippen molar-refractivity contribution in [1.82, 2.24) is 0 Å². The van der Waals surface area contributed by atoms with E-state index in [0.29, 0.717) is 12.0 Å². The van der Waals surface area contributed by atoms with Gasteiger partial charge in [0.1, 0.15) is 6.26 Å². The molecule has 12 heavy (non-hydrogen) atoms. The van der Waals surface area contributed by atoms with Crippen LogP contribution >= 0.6 is 0 Å². The minimum absolute atomic E-state index is 0.0841. The van der Waals surface area contributed by atoms with Crippen molar-refractivity contribution in [2.75, 3.05) is 0 Å². The van der Waals surface area contributed by atoms with Gasteiger partial charge in [-0.1, -0.05) is 0 Å². The van der Waals surface area contributed by atoms with Crippen molar-refractivity contribution in [2.45, 2.75) is 25.8 Å². The Bertz CT molecular complexity index is 239. The van der Waals surface area contributed by atoms with Crippen LogP contribution in [0.5, 0.6) is 0 Å². The highest BCUT2D eigenvalue weighted by Crippen LogP contribution is 2.06. The second-order valence-corrected chi connectivity index (χ2v) is 2.95. The maximum absolute atomic E-state index is 11.3. The Labute approximate surface area is 71.6 Å². The highest BCUT2D eigenvalue weighted by molar-refractivity contribution is 5.95. The molecular formula is C9H13NO2. The third-order valence-electron chi connectivity index (χ3n) is 1.67. The topological polar surface area (TPSA) is 56.2 Å². The van der Waals surface area contributed by atoms with E-state index in [1.807, 2.05) is 6.92 Å². The van der Waals surface area contributed by atoms with Crippen LogP contribution in [-0.2, 0) is 0 Å². The van der Waals surface area contributed by atoms with E-state index in [4.69, 9.17) is 10.2 Å². The summed E-state index contributed by atoms with van der Waals surface area (Å²) >= 11 is 0. The average Bonchev–Trinajstić information content (AvgIpc) is 2.51. The van der Waals surface area contributed by atoms with Gasteiger partial charge < -0.3 is 10.2 Å². The van der Waals surface area contributed by atoms with E-state index < -0.39 is 0 Å². The highest BCUT2D eigenvalue weighted by atomic mass is 16.3. The van der Waals surface area contributed by atoms with E-state index in [0.717, 1.165) is 6.42 Å². The second-order valence-electron chi connectivity index (χ2n) is 2.95. The molecule has 1 unspecified atom stereocenters. The lowest BCUT2D eigenvalue weighted by Gasteiger charge is -2.01. The van der Waals surface area contributed by atoms with Gasteiger partial charge in [0, 0.05) is 12.5 Å². The van der Waals surface area contributed by atoms with Crippen molar-refractivity contribution >= 4 is 5.78 Å². The molecule has 0 bridgehead atoms. The van der Waals surface area contributed by atoms with Crippen LogP contribution in [-0.4, -0.2) is 11.8 Å². The maximum Gasteiger partial charge on any atom is 0.166 e. The number of carbonyl (C=O) groups excluding carboxylic acids is 1. The third-order valence-corrected chi connectivity index (χ3v) is 1.67. The van der Waals surface area contributed by atoms with Crippen LogP contribution in [0.15, 0.2) is 23.0 Å². The third kappa shape index (κ3) is 2.51. The van der Waals surface area contributed by atoms with Gasteiger partial charge in [0.25, 0.3) is 0 Å². The lowest BCUT2D eigenvalue weighted by atomic mass is 10.1. The Balaban J connectivity index is 2.40. The molecule has 0 radical (unpaired) electrons. The first kappa shape index (κ1) is 9.00. The molecule has 3 heteroatoms. The molecule has 0 spiro atoms. The first-order chi connectivity index (χ1) is 5.70. The van der Waals surface area contributed by atoms with Crippen LogP contribution < -0.4 is 5.73 Å². The van der Waals surface area contributed by atoms with Crippen molar-refractivity contribution in [3.8, 4) is 0 Å². The Morgan fingerprint density at radius 1 is 1.75 bits per heavy atom. The highest BCUT2D eigenvalue weighted by Gasteiger charge is 2.07. The van der Waals surface area contributed by atoms with Gasteiger partial charge in [0.05, 0.1) is 11.8 Å². The minimum atomic E-state index is 0.0841. The summed E-state index contributed by atoms with van der Waals surface area (Å²) in [5, 5.41) is 0. The molecular weight excluding hydrogens is 154 g/mol. The first-order valence-corrected chi connectivity index (χ1v) is 4.01. The zero-order valence-electron chi connectivity index (χ0n) is 7.12. The Kier molecular flexibility index (Phi) is 3.05. The molecule has 2 N–H and O–H groups in total. The zero-order valence-corrected chi connectivity index (χ0v) is 7.12. The minimum Gasteiger partial charge on any atom is -0.472 e. The predicted octanol–water partition coefficient (Wildman–Crippen LogP) is 1.59. The lowest BCUT2D eigenvalue weighted by molar-refractivity contribution is 0.0977. The molecule has 3 nitrogen and oxygen atoms in total. The fourth-order valence-corrected chi connectivity index (χ4v) is 0.926. The van der Waals surface area contributed by atoms with Crippen LogP contribution in [0.1, 0.15) is 30.1 Å². The fraction of sp³-hybridized carbons (Fsp3) is 0.444. The van der Waals surface area contributed by atoms with Crippen molar-refractivity contribution in [2.24, 2.45) is 5.73 Å². The summed E-state index contributed by atoms with van der Waals surface area (Å²) in [5.74, 6) is 0.0982. The number of ketones is 1. The second kappa shape index (κ2) is 4.07. The molecule has 0 aliphatic heterocycles. The Morgan fingerprint density at radius 3 is 3.00 bits per heavy atom. The molecule has 0 aliphatic rings. The zero-order chi connectivity index (χ0) is 8.97. The largest absolute Gasteiger partial charge is 0.472 e. The van der Waals surface area contributed by atoms with Gasteiger partial charge >= 0.3 is 0 Å². The summed E-state index contributed by atoms with van der Waals surface area (Å²) in [6, 6.07) is 1.75. The Morgan fingerprint density at radius 2 is 2.50 bits per heavy atom. The summed E-state index contributed by atoms with van der Waals surface area (Å²) in [4.78, 5) is 11.3. The number of hydrogen-bond acceptors (Lipinski definition) is 3. The fourth-order valence-electron chi connectivity index (χ4n) is 0.926. The van der Waals surface area contributed by atoms with Crippen molar-refractivity contribution in [1.29, 1.82) is 0 Å². The van der Waals surface area contributed by atoms with Gasteiger partial charge in [-0.05, 0) is 19.4 Å². The maximum atomic E-state index is 11.3. The van der Waals surface area contributed by atoms with Crippen molar-refractivity contribution < 1.29 is 9.21 Å². The van der Waals surface area contributed by atoms with E-state index in [1.54, 1.807) is 6.07 Å². The van der Waals surface area contributed by atoms with Gasteiger partial charge in [0.2, 0.25) is 0 Å². The predicted molar refractivity (Wildman–Crippen MR) is 45.9 cm³/mol. The summed E-state index contributed by atoms with van der Waals surface area (Å²) < 4.78 is 4.79. The van der Waals surface area contributed by atoms with E-state index >= 15 is 0 Å². The standard InChI is InChI=1S/C9H13NO2/c1-7(10)2-3-9(11)8-4-5-12-6-8/h4-7H,2-3,10H2,1H3. The molecule has 0 saturated heterocycles. The summed E-state index contributed by atoms with van der Waals surface area (Å²) in [6.07, 6.45) is 4.18. The van der Waals surface area contributed by atoms with Crippen LogP contribution in [0, 0.1) is 0 Å². The molecule has 66 valence electrons. The van der Waals surface area contributed by atoms with E-state index in [1.165, 1.54) is 12.5 Å². The molecule has 1 atom stereocenters. The number of Topliss-reactive ketones (excluding diaryl/α,β-unsaturated/α-hetero) is 1. The molecule has 0 saturated carbocycles. The lowest BCUT2D eigenvalue weighted by Crippen LogP contribution is -2.16. The molecule has 1 aromatic heterocycles. The van der Waals surface area contributed by atoms with E-state index in [9.17, 15) is 4.79 Å². The number of nitrogens with two attached hydrogens (primary N) is 1. The van der Waals surface area contributed by atoms with Crippen molar-refractivity contribution in [3.63, 3.8) is 0 Å². The van der Waals surface area contributed by atoms with Crippen molar-refractivity contribution in [3.05, 3.63) is 24.2 Å². The van der Waals surface area contributed by atoms with Gasteiger partial charge in [-0.15, -0.1) is 0 Å². The van der Waals surface area contributed by atoms with Gasteiger partial charge in [-0.3, -0.25) is 4.79 Å². The van der Waals surface area contributed by atoms with Crippen LogP contribution in [0.2, 0.25) is 0 Å². The number of furan rings is 1. The summed E-state index contributed by atoms with van der Waals surface area (Å²) in [5.41, 5.74) is 6.15. The molecule has 1 aromatic rings. The first-order valence-electron chi connectivity index (χ1n) is 4.01. The smallest absolute Gasteiger partial charge is 0.166 e. The van der Waals surface area contributed by atoms with E-state index in [-0.39, 0.29) is 11.8 Å². The van der Waals surface area contributed by atoms with Gasteiger partial charge in [0.15, 0.2) is 5.78 Å². The molecule has 0 amide bonds. The molecule has 0 aromatic carbocycles. The van der Waals surface area contributed by atoms with Gasteiger partial charge in [-0.2, -0.15) is 0 Å². The molecule has 1 rings (SSSR count). The quantitative estimate of drug-likeness (QED) is 0.693. The Hall–Kier alpha value is -1.09. The van der Waals surface area contributed by atoms with Gasteiger partial charge in [-0.25, -0.2) is 0 Å².